The van der Waals surface area contributed by atoms with Gasteiger partial charge in [-0.25, -0.2) is 4.39 Å². The first-order valence-electron chi connectivity index (χ1n) is 5.83. The summed E-state index contributed by atoms with van der Waals surface area (Å²) in [5, 5.41) is 2.95. The van der Waals surface area contributed by atoms with Gasteiger partial charge in [-0.2, -0.15) is 0 Å². The smallest absolute Gasteiger partial charge is 0.239 e. The van der Waals surface area contributed by atoms with Gasteiger partial charge in [-0.05, 0) is 18.8 Å². The number of likely N-dealkylation sites (tertiary alicyclic amines) is 1. The maximum absolute atomic E-state index is 12.9. The van der Waals surface area contributed by atoms with Crippen molar-refractivity contribution in [2.24, 2.45) is 5.92 Å². The molecule has 2 fully saturated rings. The Hall–Kier alpha value is -0.350. The molecule has 94 valence electrons. The normalized spacial score (nSPS) is 31.2. The van der Waals surface area contributed by atoms with E-state index in [1.165, 1.54) is 0 Å². The van der Waals surface area contributed by atoms with Gasteiger partial charge in [0, 0.05) is 26.1 Å². The van der Waals surface area contributed by atoms with Crippen molar-refractivity contribution in [3.8, 4) is 0 Å². The molecule has 0 spiro atoms. The number of nitrogens with zero attached hydrogens (tertiary/aromatic N) is 1. The van der Waals surface area contributed by atoms with Crippen LogP contribution < -0.4 is 5.32 Å². The number of alkyl halides is 1. The van der Waals surface area contributed by atoms with Crippen molar-refractivity contribution in [2.75, 3.05) is 19.6 Å². The van der Waals surface area contributed by atoms with Crippen molar-refractivity contribution >= 4 is 18.3 Å². The van der Waals surface area contributed by atoms with E-state index in [1.54, 1.807) is 0 Å². The molecule has 3 nitrogen and oxygen atoms in total. The van der Waals surface area contributed by atoms with Crippen LogP contribution in [0, 0.1) is 5.92 Å². The number of amides is 1. The first-order valence-corrected chi connectivity index (χ1v) is 5.83. The Labute approximate surface area is 102 Å². The van der Waals surface area contributed by atoms with Gasteiger partial charge in [0.25, 0.3) is 0 Å². The van der Waals surface area contributed by atoms with Gasteiger partial charge in [-0.3, -0.25) is 4.79 Å². The zero-order valence-electron chi connectivity index (χ0n) is 9.62. The largest absolute Gasteiger partial charge is 0.341 e. The van der Waals surface area contributed by atoms with Crippen LogP contribution in [0.4, 0.5) is 4.39 Å². The van der Waals surface area contributed by atoms with Crippen molar-refractivity contribution in [1.82, 2.24) is 10.2 Å². The van der Waals surface area contributed by atoms with Crippen LogP contribution in [-0.4, -0.2) is 42.7 Å². The molecule has 2 rings (SSSR count). The Bertz CT molecular complexity index is 244. The number of carbonyl (C=O) groups is 1. The highest BCUT2D eigenvalue weighted by molar-refractivity contribution is 5.85. The Morgan fingerprint density at radius 2 is 2.00 bits per heavy atom. The maximum Gasteiger partial charge on any atom is 0.239 e. The van der Waals surface area contributed by atoms with E-state index < -0.39 is 6.17 Å². The first kappa shape index (κ1) is 13.7. The van der Waals surface area contributed by atoms with E-state index in [2.05, 4.69) is 12.2 Å². The molecule has 0 aromatic rings. The monoisotopic (exact) mass is 250 g/mol. The number of hydrogen-bond donors (Lipinski definition) is 1. The van der Waals surface area contributed by atoms with Gasteiger partial charge in [-0.15, -0.1) is 12.4 Å². The van der Waals surface area contributed by atoms with E-state index in [1.807, 2.05) is 4.90 Å². The molecule has 0 bridgehead atoms. The molecule has 0 aliphatic carbocycles. The van der Waals surface area contributed by atoms with Crippen LogP contribution in [0.5, 0.6) is 0 Å². The topological polar surface area (TPSA) is 32.3 Å². The summed E-state index contributed by atoms with van der Waals surface area (Å²) in [7, 11) is 0. The van der Waals surface area contributed by atoms with Crippen molar-refractivity contribution in [2.45, 2.75) is 38.4 Å². The number of rotatable bonds is 1. The van der Waals surface area contributed by atoms with Gasteiger partial charge in [-0.1, -0.05) is 6.92 Å². The predicted molar refractivity (Wildman–Crippen MR) is 63.5 cm³/mol. The lowest BCUT2D eigenvalue weighted by molar-refractivity contribution is -0.134. The van der Waals surface area contributed by atoms with Gasteiger partial charge >= 0.3 is 0 Å². The fourth-order valence-corrected chi connectivity index (χ4v) is 2.33. The lowest BCUT2D eigenvalue weighted by Crippen LogP contribution is -2.46. The quantitative estimate of drug-likeness (QED) is 0.762. The van der Waals surface area contributed by atoms with Gasteiger partial charge in [0.15, 0.2) is 0 Å². The summed E-state index contributed by atoms with van der Waals surface area (Å²) in [6.45, 7) is 4.23. The van der Waals surface area contributed by atoms with E-state index in [-0.39, 0.29) is 24.4 Å². The summed E-state index contributed by atoms with van der Waals surface area (Å²) < 4.78 is 12.9. The fourth-order valence-electron chi connectivity index (χ4n) is 2.33. The third-order valence-corrected chi connectivity index (χ3v) is 3.47. The standard InChI is InChI=1S/C11H19FN2O.ClH/c1-8-2-4-14(5-3-8)11(15)10-6-9(12)7-13-10;/h8-10,13H,2-7H2,1H3;1H/t9-,10+;/m0./s1. The summed E-state index contributed by atoms with van der Waals surface area (Å²) in [5.74, 6) is 0.821. The lowest BCUT2D eigenvalue weighted by Gasteiger charge is -2.32. The van der Waals surface area contributed by atoms with Crippen LogP contribution in [0.3, 0.4) is 0 Å². The molecule has 0 saturated carbocycles. The molecular formula is C11H20ClFN2O. The minimum absolute atomic E-state index is 0. The average molecular weight is 251 g/mol. The van der Waals surface area contributed by atoms with E-state index in [4.69, 9.17) is 0 Å². The number of nitrogens with one attached hydrogen (secondary N) is 1. The minimum Gasteiger partial charge on any atom is -0.341 e. The van der Waals surface area contributed by atoms with Gasteiger partial charge in [0.2, 0.25) is 5.91 Å². The highest BCUT2D eigenvalue weighted by atomic mass is 35.5. The molecule has 2 aliphatic heterocycles. The molecule has 1 amide bonds. The van der Waals surface area contributed by atoms with E-state index >= 15 is 0 Å². The molecule has 0 unspecified atom stereocenters. The Kier molecular flexibility index (Phi) is 4.99. The molecule has 0 aromatic heterocycles. The van der Waals surface area contributed by atoms with Crippen molar-refractivity contribution in [3.05, 3.63) is 0 Å². The highest BCUT2D eigenvalue weighted by Gasteiger charge is 2.33. The zero-order chi connectivity index (χ0) is 10.8. The molecule has 0 aromatic carbocycles. The fraction of sp³-hybridized carbons (Fsp3) is 0.909. The highest BCUT2D eigenvalue weighted by Crippen LogP contribution is 2.19. The van der Waals surface area contributed by atoms with Gasteiger partial charge in [0.05, 0.1) is 6.04 Å². The summed E-state index contributed by atoms with van der Waals surface area (Å²) in [5.41, 5.74) is 0. The average Bonchev–Trinajstić information content (AvgIpc) is 2.65. The molecule has 2 saturated heterocycles. The van der Waals surface area contributed by atoms with Crippen LogP contribution in [-0.2, 0) is 4.79 Å². The zero-order valence-corrected chi connectivity index (χ0v) is 10.4. The third kappa shape index (κ3) is 3.08. The third-order valence-electron chi connectivity index (χ3n) is 3.47. The van der Waals surface area contributed by atoms with Gasteiger partial charge < -0.3 is 10.2 Å². The second kappa shape index (κ2) is 5.82. The minimum atomic E-state index is -0.845. The Morgan fingerprint density at radius 3 is 2.50 bits per heavy atom. The Morgan fingerprint density at radius 1 is 1.38 bits per heavy atom. The second-order valence-corrected chi connectivity index (χ2v) is 4.80. The molecule has 16 heavy (non-hydrogen) atoms. The van der Waals surface area contributed by atoms with E-state index in [9.17, 15) is 9.18 Å². The predicted octanol–water partition coefficient (Wildman–Crippen LogP) is 1.37. The number of halogens is 2. The molecule has 2 heterocycles. The summed E-state index contributed by atoms with van der Waals surface area (Å²) in [4.78, 5) is 13.8. The van der Waals surface area contributed by atoms with E-state index in [0.29, 0.717) is 13.0 Å². The summed E-state index contributed by atoms with van der Waals surface area (Å²) in [6.07, 6.45) is 1.67. The first-order chi connectivity index (χ1) is 7.16. The van der Waals surface area contributed by atoms with Crippen LogP contribution in [0.25, 0.3) is 0 Å². The Balaban J connectivity index is 0.00000128. The lowest BCUT2D eigenvalue weighted by atomic mass is 9.98. The number of carbonyl (C=O) groups excluding carboxylic acids is 1. The summed E-state index contributed by atoms with van der Waals surface area (Å²) >= 11 is 0. The SMILES string of the molecule is CC1CCN(C(=O)[C@H]2C[C@H](F)CN2)CC1.Cl. The van der Waals surface area contributed by atoms with Crippen molar-refractivity contribution in [1.29, 1.82) is 0 Å². The number of hydrogen-bond acceptors (Lipinski definition) is 2. The van der Waals surface area contributed by atoms with E-state index in [0.717, 1.165) is 31.8 Å². The van der Waals surface area contributed by atoms with Gasteiger partial charge in [0.1, 0.15) is 6.17 Å². The summed E-state index contributed by atoms with van der Waals surface area (Å²) in [6, 6.07) is -0.270. The van der Waals surface area contributed by atoms with Crippen molar-refractivity contribution < 1.29 is 9.18 Å². The number of piperidine rings is 1. The maximum atomic E-state index is 12.9. The van der Waals surface area contributed by atoms with Crippen LogP contribution in [0.2, 0.25) is 0 Å². The molecule has 2 aliphatic rings. The molecular weight excluding hydrogens is 231 g/mol. The second-order valence-electron chi connectivity index (χ2n) is 4.80. The van der Waals surface area contributed by atoms with Crippen LogP contribution in [0.15, 0.2) is 0 Å². The van der Waals surface area contributed by atoms with Crippen molar-refractivity contribution in [3.63, 3.8) is 0 Å². The van der Waals surface area contributed by atoms with Crippen LogP contribution in [0.1, 0.15) is 26.2 Å². The molecule has 5 heteroatoms. The van der Waals surface area contributed by atoms with Crippen LogP contribution >= 0.6 is 12.4 Å². The molecule has 1 N–H and O–H groups in total. The molecule has 0 radical (unpaired) electrons. The molecule has 2 atom stereocenters.